The Morgan fingerprint density at radius 1 is 1.14 bits per heavy atom. The third-order valence-corrected chi connectivity index (χ3v) is 7.80. The summed E-state index contributed by atoms with van der Waals surface area (Å²) in [5.41, 5.74) is 1.62. The number of carbonyl (C=O) groups excluding carboxylic acids is 1. The minimum absolute atomic E-state index is 0.0656. The fourth-order valence-corrected chi connectivity index (χ4v) is 6.42. The molecule has 2 unspecified atom stereocenters. The van der Waals surface area contributed by atoms with Gasteiger partial charge in [0.25, 0.3) is 0 Å². The number of amides is 1. The van der Waals surface area contributed by atoms with E-state index in [-0.39, 0.29) is 35.2 Å². The van der Waals surface area contributed by atoms with Gasteiger partial charge in [-0.25, -0.2) is 8.42 Å². The lowest BCUT2D eigenvalue weighted by molar-refractivity contribution is -0.113. The van der Waals surface area contributed by atoms with Gasteiger partial charge in [-0.1, -0.05) is 45.9 Å². The number of fused-ring (bicyclic) bond motifs is 1. The SMILES string of the molecule is O=C(CSC1=NC2CS(=O)(=O)CC2N1c1ccccc1)Nc1ccc(Br)cc1. The molecule has 9 heteroatoms. The maximum absolute atomic E-state index is 12.3. The van der Waals surface area contributed by atoms with E-state index in [0.717, 1.165) is 15.8 Å². The number of sulfone groups is 1. The molecule has 0 radical (unpaired) electrons. The Morgan fingerprint density at radius 2 is 1.86 bits per heavy atom. The Balaban J connectivity index is 1.47. The van der Waals surface area contributed by atoms with Gasteiger partial charge in [0.2, 0.25) is 5.91 Å². The van der Waals surface area contributed by atoms with Crippen molar-refractivity contribution in [1.29, 1.82) is 0 Å². The number of nitrogens with one attached hydrogen (secondary N) is 1. The summed E-state index contributed by atoms with van der Waals surface area (Å²) < 4.78 is 25.0. The molecule has 0 saturated carbocycles. The van der Waals surface area contributed by atoms with Crippen LogP contribution in [0.15, 0.2) is 64.1 Å². The molecule has 1 N–H and O–H groups in total. The monoisotopic (exact) mass is 479 g/mol. The fraction of sp³-hybridized carbons (Fsp3) is 0.263. The van der Waals surface area contributed by atoms with Crippen LogP contribution < -0.4 is 10.2 Å². The first-order valence-electron chi connectivity index (χ1n) is 8.72. The Kier molecular flexibility index (Phi) is 5.48. The topological polar surface area (TPSA) is 78.8 Å². The van der Waals surface area contributed by atoms with Crippen LogP contribution in [0.5, 0.6) is 0 Å². The van der Waals surface area contributed by atoms with Crippen molar-refractivity contribution in [2.45, 2.75) is 12.1 Å². The van der Waals surface area contributed by atoms with Crippen LogP contribution in [0.2, 0.25) is 0 Å². The number of thioether (sulfide) groups is 1. The van der Waals surface area contributed by atoms with Crippen LogP contribution in [0.4, 0.5) is 11.4 Å². The molecule has 2 heterocycles. The maximum Gasteiger partial charge on any atom is 0.234 e. The summed E-state index contributed by atoms with van der Waals surface area (Å²) in [4.78, 5) is 18.9. The van der Waals surface area contributed by atoms with Gasteiger partial charge in [-0.15, -0.1) is 0 Å². The van der Waals surface area contributed by atoms with Crippen molar-refractivity contribution in [3.8, 4) is 0 Å². The van der Waals surface area contributed by atoms with Crippen LogP contribution >= 0.6 is 27.7 Å². The van der Waals surface area contributed by atoms with Crippen LogP contribution in [0.25, 0.3) is 0 Å². The number of hydrogen-bond donors (Lipinski definition) is 1. The normalized spacial score (nSPS) is 22.6. The molecule has 0 spiro atoms. The van der Waals surface area contributed by atoms with Crippen molar-refractivity contribution in [3.05, 3.63) is 59.1 Å². The van der Waals surface area contributed by atoms with Crippen molar-refractivity contribution in [2.75, 3.05) is 27.5 Å². The molecule has 6 nitrogen and oxygen atoms in total. The highest BCUT2D eigenvalue weighted by atomic mass is 79.9. The average molecular weight is 480 g/mol. The molecule has 1 fully saturated rings. The van der Waals surface area contributed by atoms with Crippen LogP contribution in [0.3, 0.4) is 0 Å². The van der Waals surface area contributed by atoms with E-state index >= 15 is 0 Å². The standard InChI is InChI=1S/C19H18BrN3O3S2/c20-13-6-8-14(9-7-13)21-18(24)10-27-19-22-16-11-28(25,26)12-17(16)23(19)15-4-2-1-3-5-15/h1-9,16-17H,10-12H2,(H,21,24). The Labute approximate surface area is 176 Å². The first-order chi connectivity index (χ1) is 13.4. The third-order valence-electron chi connectivity index (χ3n) is 4.60. The predicted octanol–water partition coefficient (Wildman–Crippen LogP) is 3.16. The van der Waals surface area contributed by atoms with E-state index in [4.69, 9.17) is 0 Å². The Hall–Kier alpha value is -1.84. The smallest absolute Gasteiger partial charge is 0.234 e. The molecule has 4 rings (SSSR count). The first kappa shape index (κ1) is 19.5. The molecular weight excluding hydrogens is 462 g/mol. The maximum atomic E-state index is 12.3. The lowest BCUT2D eigenvalue weighted by atomic mass is 10.1. The molecule has 2 aliphatic rings. The summed E-state index contributed by atoms with van der Waals surface area (Å²) in [6.45, 7) is 0. The fourth-order valence-electron chi connectivity index (χ4n) is 3.38. The summed E-state index contributed by atoms with van der Waals surface area (Å²) in [7, 11) is -3.09. The zero-order valence-electron chi connectivity index (χ0n) is 14.8. The average Bonchev–Trinajstić information content (AvgIpc) is 3.13. The van der Waals surface area contributed by atoms with E-state index in [1.807, 2.05) is 59.5 Å². The van der Waals surface area contributed by atoms with E-state index in [2.05, 4.69) is 26.2 Å². The van der Waals surface area contributed by atoms with Crippen LogP contribution in [0.1, 0.15) is 0 Å². The van der Waals surface area contributed by atoms with Gasteiger partial charge >= 0.3 is 0 Å². The number of aliphatic imine (C=N–C) groups is 1. The predicted molar refractivity (Wildman–Crippen MR) is 118 cm³/mol. The number of amidine groups is 1. The molecule has 2 aromatic carbocycles. The molecule has 1 amide bonds. The molecule has 2 atom stereocenters. The number of benzene rings is 2. The summed E-state index contributed by atoms with van der Waals surface area (Å²) in [5, 5.41) is 3.56. The van der Waals surface area contributed by atoms with Crippen molar-refractivity contribution in [3.63, 3.8) is 0 Å². The van der Waals surface area contributed by atoms with Crippen molar-refractivity contribution in [1.82, 2.24) is 0 Å². The van der Waals surface area contributed by atoms with Gasteiger partial charge in [0.1, 0.15) is 0 Å². The van der Waals surface area contributed by atoms with Gasteiger partial charge in [-0.3, -0.25) is 9.79 Å². The van der Waals surface area contributed by atoms with E-state index in [9.17, 15) is 13.2 Å². The van der Waals surface area contributed by atoms with E-state index in [0.29, 0.717) is 5.17 Å². The Morgan fingerprint density at radius 3 is 2.57 bits per heavy atom. The molecule has 0 bridgehead atoms. The second-order valence-corrected chi connectivity index (χ2v) is 10.7. The van der Waals surface area contributed by atoms with Crippen molar-refractivity contribution >= 4 is 60.0 Å². The highest BCUT2D eigenvalue weighted by Crippen LogP contribution is 2.35. The van der Waals surface area contributed by atoms with Gasteiger partial charge in [0, 0.05) is 15.8 Å². The lowest BCUT2D eigenvalue weighted by Gasteiger charge is -2.26. The second-order valence-electron chi connectivity index (χ2n) is 6.67. The molecule has 1 saturated heterocycles. The number of para-hydroxylation sites is 1. The summed E-state index contributed by atoms with van der Waals surface area (Å²) >= 11 is 4.70. The summed E-state index contributed by atoms with van der Waals surface area (Å²) in [5.74, 6) is 0.221. The van der Waals surface area contributed by atoms with Crippen molar-refractivity contribution < 1.29 is 13.2 Å². The molecule has 28 heavy (non-hydrogen) atoms. The molecule has 2 aliphatic heterocycles. The molecule has 2 aromatic rings. The zero-order valence-corrected chi connectivity index (χ0v) is 18.0. The quantitative estimate of drug-likeness (QED) is 0.728. The van der Waals surface area contributed by atoms with Gasteiger partial charge in [-0.05, 0) is 36.4 Å². The number of carbonyl (C=O) groups is 1. The first-order valence-corrected chi connectivity index (χ1v) is 12.3. The van der Waals surface area contributed by atoms with Crippen LogP contribution in [-0.4, -0.2) is 48.8 Å². The summed E-state index contributed by atoms with van der Waals surface area (Å²) in [6, 6.07) is 16.5. The molecule has 0 aromatic heterocycles. The van der Waals surface area contributed by atoms with E-state index in [1.54, 1.807) is 0 Å². The van der Waals surface area contributed by atoms with Gasteiger partial charge in [-0.2, -0.15) is 0 Å². The largest absolute Gasteiger partial charge is 0.325 e. The van der Waals surface area contributed by atoms with Gasteiger partial charge < -0.3 is 10.2 Å². The molecular formula is C19H18BrN3O3S2. The lowest BCUT2D eigenvalue weighted by Crippen LogP contribution is -2.39. The highest BCUT2D eigenvalue weighted by Gasteiger charge is 2.47. The minimum Gasteiger partial charge on any atom is -0.325 e. The highest BCUT2D eigenvalue weighted by molar-refractivity contribution is 9.10. The number of hydrogen-bond acceptors (Lipinski definition) is 6. The summed E-state index contributed by atoms with van der Waals surface area (Å²) in [6.07, 6.45) is 0. The second kappa shape index (κ2) is 7.88. The van der Waals surface area contributed by atoms with E-state index in [1.165, 1.54) is 11.8 Å². The molecule has 0 aliphatic carbocycles. The number of nitrogens with zero attached hydrogens (tertiary/aromatic N) is 2. The zero-order chi connectivity index (χ0) is 19.7. The molecule has 146 valence electrons. The number of rotatable bonds is 4. The Bertz CT molecular complexity index is 1010. The third kappa shape index (κ3) is 4.26. The van der Waals surface area contributed by atoms with Crippen LogP contribution in [-0.2, 0) is 14.6 Å². The van der Waals surface area contributed by atoms with Gasteiger partial charge in [0.05, 0.1) is 29.3 Å². The van der Waals surface area contributed by atoms with Crippen LogP contribution in [0, 0.1) is 0 Å². The van der Waals surface area contributed by atoms with Gasteiger partial charge in [0.15, 0.2) is 15.0 Å². The van der Waals surface area contributed by atoms with E-state index < -0.39 is 9.84 Å². The van der Waals surface area contributed by atoms with Crippen molar-refractivity contribution in [2.24, 2.45) is 4.99 Å². The number of halogens is 1. The number of anilines is 2. The minimum atomic E-state index is -3.09.